The van der Waals surface area contributed by atoms with E-state index in [1.807, 2.05) is 12.1 Å². The molecule has 0 saturated carbocycles. The number of nitrogens with zero attached hydrogens (tertiary/aromatic N) is 3. The maximum Gasteiger partial charge on any atom is 0.140 e. The fraction of sp³-hybridized carbons (Fsp3) is 0.538. The smallest absolute Gasteiger partial charge is 0.140 e. The second-order valence-corrected chi connectivity index (χ2v) is 4.57. The fourth-order valence-corrected chi connectivity index (χ4v) is 2.27. The largest absolute Gasteiger partial charge is 0.311 e. The molecule has 1 saturated heterocycles. The van der Waals surface area contributed by atoms with Crippen molar-refractivity contribution in [2.75, 3.05) is 20.1 Å². The predicted molar refractivity (Wildman–Crippen MR) is 66.3 cm³/mol. The molecule has 1 unspecified atom stereocenters. The maximum atomic E-state index is 8.76. The van der Waals surface area contributed by atoms with Crippen LogP contribution in [-0.2, 0) is 6.54 Å². The Kier molecular flexibility index (Phi) is 4.08. The number of hydrogen-bond donors (Lipinski definition) is 1. The lowest BCUT2D eigenvalue weighted by atomic mass is 10.2. The molecule has 0 amide bonds. The number of hydrogen-bond acceptors (Lipinski definition) is 4. The highest BCUT2D eigenvalue weighted by molar-refractivity contribution is 5.25. The van der Waals surface area contributed by atoms with Gasteiger partial charge >= 0.3 is 0 Å². The van der Waals surface area contributed by atoms with Crippen LogP contribution in [0.1, 0.15) is 24.1 Å². The quantitative estimate of drug-likeness (QED) is 0.842. The summed E-state index contributed by atoms with van der Waals surface area (Å²) in [6.07, 6.45) is 4.28. The molecule has 17 heavy (non-hydrogen) atoms. The van der Waals surface area contributed by atoms with Gasteiger partial charge in [-0.15, -0.1) is 0 Å². The Balaban J connectivity index is 1.80. The zero-order valence-corrected chi connectivity index (χ0v) is 10.2. The highest BCUT2D eigenvalue weighted by Gasteiger charge is 2.19. The van der Waals surface area contributed by atoms with E-state index < -0.39 is 0 Å². The summed E-state index contributed by atoms with van der Waals surface area (Å²) in [6.45, 7) is 3.03. The van der Waals surface area contributed by atoms with Crippen molar-refractivity contribution >= 4 is 0 Å². The molecule has 1 aliphatic rings. The van der Waals surface area contributed by atoms with Gasteiger partial charge in [-0.1, -0.05) is 0 Å². The predicted octanol–water partition coefficient (Wildman–Crippen LogP) is 1.14. The molecule has 90 valence electrons. The third kappa shape index (κ3) is 3.26. The van der Waals surface area contributed by atoms with Crippen LogP contribution in [0.5, 0.6) is 0 Å². The molecule has 4 heteroatoms. The van der Waals surface area contributed by atoms with Crippen LogP contribution in [0.25, 0.3) is 0 Å². The van der Waals surface area contributed by atoms with E-state index >= 15 is 0 Å². The Hall–Kier alpha value is -1.44. The molecule has 1 atom stereocenters. The van der Waals surface area contributed by atoms with Crippen LogP contribution in [0.3, 0.4) is 0 Å². The summed E-state index contributed by atoms with van der Waals surface area (Å²) in [5, 5.41) is 12.2. The molecule has 1 aromatic heterocycles. The van der Waals surface area contributed by atoms with Gasteiger partial charge in [0.05, 0.1) is 0 Å². The Morgan fingerprint density at radius 3 is 3.24 bits per heavy atom. The van der Waals surface area contributed by atoms with Crippen molar-refractivity contribution in [2.24, 2.45) is 0 Å². The molecular formula is C13H18N4. The summed E-state index contributed by atoms with van der Waals surface area (Å²) >= 11 is 0. The third-order valence-corrected chi connectivity index (χ3v) is 3.32. The van der Waals surface area contributed by atoms with Crippen molar-refractivity contribution in [3.8, 4) is 6.07 Å². The molecule has 4 nitrogen and oxygen atoms in total. The number of rotatable bonds is 4. The molecule has 0 aromatic carbocycles. The lowest BCUT2D eigenvalue weighted by molar-refractivity contribution is 0.300. The molecule has 0 radical (unpaired) electrons. The van der Waals surface area contributed by atoms with Gasteiger partial charge in [-0.05, 0) is 44.1 Å². The first-order valence-corrected chi connectivity index (χ1v) is 6.05. The Morgan fingerprint density at radius 2 is 2.53 bits per heavy atom. The Bertz CT molecular complexity index is 410. The Labute approximate surface area is 102 Å². The molecule has 0 spiro atoms. The van der Waals surface area contributed by atoms with Crippen LogP contribution < -0.4 is 5.32 Å². The summed E-state index contributed by atoms with van der Waals surface area (Å²) in [6, 6.07) is 6.51. The normalized spacial score (nSPS) is 20.4. The van der Waals surface area contributed by atoms with Gasteiger partial charge in [0.15, 0.2) is 0 Å². The summed E-state index contributed by atoms with van der Waals surface area (Å²) in [5.41, 5.74) is 1.61. The van der Waals surface area contributed by atoms with E-state index in [9.17, 15) is 0 Å². The zero-order chi connectivity index (χ0) is 12.1. The highest BCUT2D eigenvalue weighted by Crippen LogP contribution is 2.13. The van der Waals surface area contributed by atoms with Crippen LogP contribution in [0.15, 0.2) is 18.3 Å². The molecule has 0 bridgehead atoms. The van der Waals surface area contributed by atoms with E-state index in [-0.39, 0.29) is 0 Å². The standard InChI is InChI=1S/C13H18N4/c1-17-6-2-3-13(17)10-15-9-11-4-5-16-12(7-11)8-14/h4-5,7,13,15H,2-3,6,9-10H2,1H3. The molecule has 1 aliphatic heterocycles. The number of nitriles is 1. The molecule has 2 heterocycles. The average Bonchev–Trinajstić information content (AvgIpc) is 2.76. The number of pyridine rings is 1. The van der Waals surface area contributed by atoms with Gasteiger partial charge in [-0.2, -0.15) is 5.26 Å². The topological polar surface area (TPSA) is 52.0 Å². The van der Waals surface area contributed by atoms with E-state index in [1.165, 1.54) is 19.4 Å². The average molecular weight is 230 g/mol. The summed E-state index contributed by atoms with van der Waals surface area (Å²) in [7, 11) is 2.18. The number of likely N-dealkylation sites (N-methyl/N-ethyl adjacent to an activating group) is 1. The van der Waals surface area contributed by atoms with Crippen molar-refractivity contribution in [1.29, 1.82) is 5.26 Å². The minimum Gasteiger partial charge on any atom is -0.311 e. The third-order valence-electron chi connectivity index (χ3n) is 3.32. The van der Waals surface area contributed by atoms with Crippen LogP contribution in [0, 0.1) is 11.3 Å². The molecule has 1 aromatic rings. The maximum absolute atomic E-state index is 8.76. The number of aromatic nitrogens is 1. The molecular weight excluding hydrogens is 212 g/mol. The first kappa shape index (κ1) is 12.0. The van der Waals surface area contributed by atoms with Gasteiger partial charge in [0.1, 0.15) is 11.8 Å². The Morgan fingerprint density at radius 1 is 1.65 bits per heavy atom. The number of nitrogens with one attached hydrogen (secondary N) is 1. The van der Waals surface area contributed by atoms with Gasteiger partial charge in [0.25, 0.3) is 0 Å². The monoisotopic (exact) mass is 230 g/mol. The SMILES string of the molecule is CN1CCCC1CNCc1ccnc(C#N)c1. The molecule has 1 fully saturated rings. The van der Waals surface area contributed by atoms with Gasteiger partial charge < -0.3 is 10.2 Å². The van der Waals surface area contributed by atoms with E-state index in [0.29, 0.717) is 11.7 Å². The van der Waals surface area contributed by atoms with Crippen LogP contribution >= 0.6 is 0 Å². The summed E-state index contributed by atoms with van der Waals surface area (Å²) < 4.78 is 0. The minimum atomic E-state index is 0.488. The second kappa shape index (κ2) is 5.76. The van der Waals surface area contributed by atoms with Crippen molar-refractivity contribution in [2.45, 2.75) is 25.4 Å². The van der Waals surface area contributed by atoms with Crippen LogP contribution in [0.4, 0.5) is 0 Å². The van der Waals surface area contributed by atoms with Crippen molar-refractivity contribution in [1.82, 2.24) is 15.2 Å². The highest BCUT2D eigenvalue weighted by atomic mass is 15.2. The zero-order valence-electron chi connectivity index (χ0n) is 10.2. The van der Waals surface area contributed by atoms with E-state index in [4.69, 9.17) is 5.26 Å². The fourth-order valence-electron chi connectivity index (χ4n) is 2.27. The lowest BCUT2D eigenvalue weighted by Crippen LogP contribution is -2.35. The van der Waals surface area contributed by atoms with Crippen LogP contribution in [0.2, 0.25) is 0 Å². The lowest BCUT2D eigenvalue weighted by Gasteiger charge is -2.19. The molecule has 2 rings (SSSR count). The van der Waals surface area contributed by atoms with Crippen LogP contribution in [-0.4, -0.2) is 36.1 Å². The van der Waals surface area contributed by atoms with Gasteiger partial charge in [0.2, 0.25) is 0 Å². The molecule has 0 aliphatic carbocycles. The van der Waals surface area contributed by atoms with E-state index in [0.717, 1.165) is 18.7 Å². The van der Waals surface area contributed by atoms with Crippen molar-refractivity contribution in [3.63, 3.8) is 0 Å². The second-order valence-electron chi connectivity index (χ2n) is 4.57. The van der Waals surface area contributed by atoms with Crippen molar-refractivity contribution < 1.29 is 0 Å². The first-order chi connectivity index (χ1) is 8.29. The number of likely N-dealkylation sites (tertiary alicyclic amines) is 1. The summed E-state index contributed by atoms with van der Waals surface area (Å²) in [5.74, 6) is 0. The summed E-state index contributed by atoms with van der Waals surface area (Å²) in [4.78, 5) is 6.36. The van der Waals surface area contributed by atoms with E-state index in [2.05, 4.69) is 28.3 Å². The minimum absolute atomic E-state index is 0.488. The van der Waals surface area contributed by atoms with Gasteiger partial charge in [0, 0.05) is 25.3 Å². The van der Waals surface area contributed by atoms with Gasteiger partial charge in [-0.25, -0.2) is 4.98 Å². The van der Waals surface area contributed by atoms with Crippen molar-refractivity contribution in [3.05, 3.63) is 29.6 Å². The van der Waals surface area contributed by atoms with E-state index in [1.54, 1.807) is 6.20 Å². The molecule has 1 N–H and O–H groups in total. The van der Waals surface area contributed by atoms with Gasteiger partial charge in [-0.3, -0.25) is 0 Å². The first-order valence-electron chi connectivity index (χ1n) is 6.05.